The molecule has 0 fully saturated rings. The van der Waals surface area contributed by atoms with E-state index in [4.69, 9.17) is 9.47 Å². The molecule has 0 unspecified atom stereocenters. The topological polar surface area (TPSA) is 78.3 Å². The second-order valence-corrected chi connectivity index (χ2v) is 6.77. The first-order valence-electron chi connectivity index (χ1n) is 8.56. The van der Waals surface area contributed by atoms with Crippen molar-refractivity contribution in [2.24, 2.45) is 0 Å². The van der Waals surface area contributed by atoms with Crippen LogP contribution in [0.2, 0.25) is 0 Å². The fourth-order valence-corrected chi connectivity index (χ4v) is 3.53. The first-order chi connectivity index (χ1) is 13.2. The fourth-order valence-electron chi connectivity index (χ4n) is 2.76. The lowest BCUT2D eigenvalue weighted by Gasteiger charge is -2.09. The lowest BCUT2D eigenvalue weighted by atomic mass is 10.3. The molecular formula is C19H18N4O3S. The zero-order valence-electron chi connectivity index (χ0n) is 14.7. The highest BCUT2D eigenvalue weighted by molar-refractivity contribution is 7.99. The van der Waals surface area contributed by atoms with Crippen LogP contribution in [-0.2, 0) is 11.2 Å². The average molecular weight is 382 g/mol. The van der Waals surface area contributed by atoms with Crippen molar-refractivity contribution in [2.75, 3.05) is 17.9 Å². The first-order valence-corrected chi connectivity index (χ1v) is 9.55. The minimum absolute atomic E-state index is 0.125. The fraction of sp³-hybridized carbons (Fsp3) is 0.211. The molecule has 3 aromatic rings. The summed E-state index contributed by atoms with van der Waals surface area (Å²) in [6.45, 7) is 2.24. The lowest BCUT2D eigenvalue weighted by molar-refractivity contribution is -0.113. The number of ether oxygens (including phenoxy) is 2. The Hall–Kier alpha value is -3.00. The molecule has 27 heavy (non-hydrogen) atoms. The highest BCUT2D eigenvalue weighted by Crippen LogP contribution is 2.34. The van der Waals surface area contributed by atoms with Crippen LogP contribution in [0, 0.1) is 0 Å². The third kappa shape index (κ3) is 3.75. The minimum Gasteiger partial charge on any atom is -0.454 e. The van der Waals surface area contributed by atoms with Crippen LogP contribution in [-0.4, -0.2) is 33.2 Å². The number of hydrogen-bond donors (Lipinski definition) is 1. The van der Waals surface area contributed by atoms with E-state index in [1.54, 1.807) is 18.2 Å². The van der Waals surface area contributed by atoms with Gasteiger partial charge in [0, 0.05) is 23.9 Å². The van der Waals surface area contributed by atoms with Gasteiger partial charge in [-0.1, -0.05) is 36.9 Å². The van der Waals surface area contributed by atoms with E-state index in [9.17, 15) is 4.79 Å². The van der Waals surface area contributed by atoms with Gasteiger partial charge in [0.1, 0.15) is 5.82 Å². The van der Waals surface area contributed by atoms with Gasteiger partial charge in [-0.2, -0.15) is 0 Å². The number of nitrogens with zero attached hydrogens (tertiary/aromatic N) is 3. The molecule has 7 nitrogen and oxygen atoms in total. The van der Waals surface area contributed by atoms with Crippen LogP contribution in [0.3, 0.4) is 0 Å². The van der Waals surface area contributed by atoms with Crippen LogP contribution in [0.15, 0.2) is 53.7 Å². The average Bonchev–Trinajstić information content (AvgIpc) is 3.33. The summed E-state index contributed by atoms with van der Waals surface area (Å²) >= 11 is 1.35. The van der Waals surface area contributed by atoms with Crippen molar-refractivity contribution in [3.05, 3.63) is 54.4 Å². The predicted molar refractivity (Wildman–Crippen MR) is 103 cm³/mol. The third-order valence-corrected chi connectivity index (χ3v) is 4.95. The summed E-state index contributed by atoms with van der Waals surface area (Å²) in [4.78, 5) is 12.3. The normalized spacial score (nSPS) is 12.2. The van der Waals surface area contributed by atoms with E-state index >= 15 is 0 Å². The zero-order chi connectivity index (χ0) is 18.6. The van der Waals surface area contributed by atoms with Gasteiger partial charge in [0.05, 0.1) is 5.75 Å². The van der Waals surface area contributed by atoms with Crippen molar-refractivity contribution in [3.8, 4) is 17.2 Å². The first kappa shape index (κ1) is 17.4. The number of rotatable bonds is 6. The molecule has 0 spiro atoms. The van der Waals surface area contributed by atoms with E-state index in [1.165, 1.54) is 11.8 Å². The number of carbonyl (C=O) groups excluding carboxylic acids is 1. The van der Waals surface area contributed by atoms with Crippen molar-refractivity contribution in [1.82, 2.24) is 14.8 Å². The molecule has 1 aromatic heterocycles. The molecule has 1 aliphatic heterocycles. The molecule has 0 saturated heterocycles. The number of aromatic nitrogens is 3. The van der Waals surface area contributed by atoms with E-state index in [2.05, 4.69) is 15.5 Å². The Bertz CT molecular complexity index is 959. The Morgan fingerprint density at radius 2 is 1.96 bits per heavy atom. The summed E-state index contributed by atoms with van der Waals surface area (Å²) in [5.74, 6) is 2.28. The standard InChI is InChI=1S/C19H18N4O3S/c1-2-17-21-22-19(23(17)14-6-4-3-5-7-14)27-11-18(24)20-13-8-9-15-16(10-13)26-12-25-15/h3-10H,2,11-12H2,1H3,(H,20,24). The van der Waals surface area contributed by atoms with Crippen molar-refractivity contribution in [1.29, 1.82) is 0 Å². The Morgan fingerprint density at radius 1 is 1.15 bits per heavy atom. The molecule has 0 radical (unpaired) electrons. The van der Waals surface area contributed by atoms with Gasteiger partial charge in [0.25, 0.3) is 0 Å². The molecule has 0 aliphatic carbocycles. The van der Waals surface area contributed by atoms with Gasteiger partial charge in [-0.05, 0) is 24.3 Å². The largest absolute Gasteiger partial charge is 0.454 e. The highest BCUT2D eigenvalue weighted by atomic mass is 32.2. The molecular weight excluding hydrogens is 364 g/mol. The number of aryl methyl sites for hydroxylation is 1. The van der Waals surface area contributed by atoms with E-state index < -0.39 is 0 Å². The monoisotopic (exact) mass is 382 g/mol. The van der Waals surface area contributed by atoms with E-state index in [-0.39, 0.29) is 18.5 Å². The number of carbonyl (C=O) groups is 1. The molecule has 1 aliphatic rings. The van der Waals surface area contributed by atoms with E-state index in [0.717, 1.165) is 17.9 Å². The maximum absolute atomic E-state index is 12.3. The highest BCUT2D eigenvalue weighted by Gasteiger charge is 2.16. The second-order valence-electron chi connectivity index (χ2n) is 5.83. The number of fused-ring (bicyclic) bond motifs is 1. The molecule has 1 amide bonds. The van der Waals surface area contributed by atoms with Crippen LogP contribution in [0.25, 0.3) is 5.69 Å². The molecule has 8 heteroatoms. The summed E-state index contributed by atoms with van der Waals surface area (Å²) in [5, 5.41) is 12.1. The number of thioether (sulfide) groups is 1. The van der Waals surface area contributed by atoms with Crippen LogP contribution >= 0.6 is 11.8 Å². The second kappa shape index (κ2) is 7.71. The summed E-state index contributed by atoms with van der Waals surface area (Å²) in [6.07, 6.45) is 0.756. The molecule has 0 saturated carbocycles. The summed E-state index contributed by atoms with van der Waals surface area (Å²) in [5.41, 5.74) is 1.65. The van der Waals surface area contributed by atoms with Crippen molar-refractivity contribution < 1.29 is 14.3 Å². The zero-order valence-corrected chi connectivity index (χ0v) is 15.5. The number of amides is 1. The Kier molecular flexibility index (Phi) is 4.97. The molecule has 1 N–H and O–H groups in total. The predicted octanol–water partition coefficient (Wildman–Crippen LogP) is 3.29. The number of anilines is 1. The quantitative estimate of drug-likeness (QED) is 0.659. The van der Waals surface area contributed by atoms with E-state index in [1.807, 2.05) is 41.8 Å². The molecule has 4 rings (SSSR count). The van der Waals surface area contributed by atoms with Gasteiger partial charge in [0.15, 0.2) is 16.7 Å². The van der Waals surface area contributed by atoms with Crippen LogP contribution < -0.4 is 14.8 Å². The molecule has 0 atom stereocenters. The smallest absolute Gasteiger partial charge is 0.234 e. The SMILES string of the molecule is CCc1nnc(SCC(=O)Nc2ccc3c(c2)OCO3)n1-c1ccccc1. The van der Waals surface area contributed by atoms with Gasteiger partial charge in [0.2, 0.25) is 12.7 Å². The van der Waals surface area contributed by atoms with Crippen molar-refractivity contribution >= 4 is 23.4 Å². The molecule has 2 heterocycles. The van der Waals surface area contributed by atoms with Crippen molar-refractivity contribution in [3.63, 3.8) is 0 Å². The molecule has 138 valence electrons. The Morgan fingerprint density at radius 3 is 2.78 bits per heavy atom. The summed E-state index contributed by atoms with van der Waals surface area (Å²) in [7, 11) is 0. The van der Waals surface area contributed by atoms with Gasteiger partial charge in [-0.25, -0.2) is 0 Å². The van der Waals surface area contributed by atoms with E-state index in [0.29, 0.717) is 22.3 Å². The number of nitrogens with one attached hydrogen (secondary N) is 1. The third-order valence-electron chi connectivity index (χ3n) is 4.02. The Labute approximate surface area is 160 Å². The number of hydrogen-bond acceptors (Lipinski definition) is 6. The number of para-hydroxylation sites is 1. The van der Waals surface area contributed by atoms with Gasteiger partial charge in [-0.15, -0.1) is 10.2 Å². The summed E-state index contributed by atoms with van der Waals surface area (Å²) < 4.78 is 12.6. The van der Waals surface area contributed by atoms with Crippen LogP contribution in [0.4, 0.5) is 5.69 Å². The van der Waals surface area contributed by atoms with Gasteiger partial charge >= 0.3 is 0 Å². The van der Waals surface area contributed by atoms with Gasteiger partial charge < -0.3 is 14.8 Å². The van der Waals surface area contributed by atoms with Crippen LogP contribution in [0.5, 0.6) is 11.5 Å². The molecule has 2 aromatic carbocycles. The van der Waals surface area contributed by atoms with Gasteiger partial charge in [-0.3, -0.25) is 9.36 Å². The van der Waals surface area contributed by atoms with Crippen molar-refractivity contribution in [2.45, 2.75) is 18.5 Å². The maximum Gasteiger partial charge on any atom is 0.234 e. The summed E-state index contributed by atoms with van der Waals surface area (Å²) in [6, 6.07) is 15.2. The molecule has 0 bridgehead atoms. The Balaban J connectivity index is 1.44. The van der Waals surface area contributed by atoms with Crippen LogP contribution in [0.1, 0.15) is 12.7 Å². The minimum atomic E-state index is -0.125. The number of benzene rings is 2. The maximum atomic E-state index is 12.3. The lowest BCUT2D eigenvalue weighted by Crippen LogP contribution is -2.14.